The van der Waals surface area contributed by atoms with Gasteiger partial charge in [-0.15, -0.1) is 0 Å². The van der Waals surface area contributed by atoms with Crippen molar-refractivity contribution in [1.29, 1.82) is 0 Å². The molecule has 7 heteroatoms. The van der Waals surface area contributed by atoms with Gasteiger partial charge in [0.15, 0.2) is 0 Å². The summed E-state index contributed by atoms with van der Waals surface area (Å²) >= 11 is 6.12. The van der Waals surface area contributed by atoms with Crippen LogP contribution in [-0.4, -0.2) is 46.5 Å². The van der Waals surface area contributed by atoms with Gasteiger partial charge in [0.25, 0.3) is 5.69 Å². The standard InChI is InChI=1S/C19H21ClN4O2/c20-15-3-1-2-14(10-15)11-16-4-5-18-13-22(8-9-23(16)18)19-7-6-17(12-21-19)24(25)26/h1-3,6-7,10,12,16,18H,4-5,8-9,11,13H2/t16-,18+/m1/s1. The molecule has 3 heterocycles. The predicted octanol–water partition coefficient (Wildman–Crippen LogP) is 3.54. The molecule has 0 amide bonds. The Balaban J connectivity index is 1.40. The highest BCUT2D eigenvalue weighted by atomic mass is 35.5. The van der Waals surface area contributed by atoms with Crippen LogP contribution in [0.4, 0.5) is 11.5 Å². The number of aromatic nitrogens is 1. The van der Waals surface area contributed by atoms with Crippen molar-refractivity contribution in [2.75, 3.05) is 24.5 Å². The number of rotatable bonds is 4. The minimum absolute atomic E-state index is 0.0369. The Morgan fingerprint density at radius 2 is 2.12 bits per heavy atom. The summed E-state index contributed by atoms with van der Waals surface area (Å²) in [6.45, 7) is 2.82. The molecule has 2 fully saturated rings. The fourth-order valence-electron chi connectivity index (χ4n) is 4.19. The fourth-order valence-corrected chi connectivity index (χ4v) is 4.41. The second-order valence-electron chi connectivity index (χ2n) is 7.03. The largest absolute Gasteiger partial charge is 0.354 e. The van der Waals surface area contributed by atoms with E-state index in [2.05, 4.69) is 26.9 Å². The highest BCUT2D eigenvalue weighted by molar-refractivity contribution is 6.30. The third kappa shape index (κ3) is 3.52. The van der Waals surface area contributed by atoms with Gasteiger partial charge in [0.05, 0.1) is 4.92 Å². The molecule has 0 saturated carbocycles. The lowest BCUT2D eigenvalue weighted by Gasteiger charge is -2.40. The van der Waals surface area contributed by atoms with E-state index in [-0.39, 0.29) is 5.69 Å². The van der Waals surface area contributed by atoms with Crippen molar-refractivity contribution in [2.24, 2.45) is 0 Å². The lowest BCUT2D eigenvalue weighted by molar-refractivity contribution is -0.385. The van der Waals surface area contributed by atoms with E-state index in [1.807, 2.05) is 12.1 Å². The molecule has 2 atom stereocenters. The predicted molar refractivity (Wildman–Crippen MR) is 102 cm³/mol. The zero-order chi connectivity index (χ0) is 18.1. The molecule has 0 radical (unpaired) electrons. The maximum absolute atomic E-state index is 10.8. The fraction of sp³-hybridized carbons (Fsp3) is 0.421. The van der Waals surface area contributed by atoms with E-state index in [1.165, 1.54) is 30.7 Å². The molecule has 2 aromatic rings. The molecule has 2 aliphatic heterocycles. The Bertz CT molecular complexity index is 798. The molecule has 0 aliphatic carbocycles. The highest BCUT2D eigenvalue weighted by Gasteiger charge is 2.37. The summed E-state index contributed by atoms with van der Waals surface area (Å²) in [6, 6.07) is 12.5. The molecular weight excluding hydrogens is 352 g/mol. The lowest BCUT2D eigenvalue weighted by Crippen LogP contribution is -2.53. The number of anilines is 1. The number of fused-ring (bicyclic) bond motifs is 1. The van der Waals surface area contributed by atoms with E-state index in [9.17, 15) is 10.1 Å². The molecule has 1 aromatic heterocycles. The quantitative estimate of drug-likeness (QED) is 0.606. The van der Waals surface area contributed by atoms with Crippen LogP contribution in [0.25, 0.3) is 0 Å². The van der Waals surface area contributed by atoms with Gasteiger partial charge in [-0.05, 0) is 43.0 Å². The first-order chi connectivity index (χ1) is 12.6. The van der Waals surface area contributed by atoms with E-state index >= 15 is 0 Å². The van der Waals surface area contributed by atoms with Gasteiger partial charge in [-0.3, -0.25) is 15.0 Å². The van der Waals surface area contributed by atoms with Crippen LogP contribution in [0.5, 0.6) is 0 Å². The summed E-state index contributed by atoms with van der Waals surface area (Å²) < 4.78 is 0. The maximum Gasteiger partial charge on any atom is 0.287 e. The van der Waals surface area contributed by atoms with Crippen LogP contribution < -0.4 is 4.90 Å². The van der Waals surface area contributed by atoms with Crippen LogP contribution in [0.1, 0.15) is 18.4 Å². The number of piperazine rings is 1. The molecule has 2 aliphatic rings. The molecule has 4 rings (SSSR count). The van der Waals surface area contributed by atoms with Gasteiger partial charge in [-0.25, -0.2) is 4.98 Å². The van der Waals surface area contributed by atoms with Crippen molar-refractivity contribution in [3.05, 3.63) is 63.3 Å². The molecule has 0 bridgehead atoms. The Morgan fingerprint density at radius 3 is 2.85 bits per heavy atom. The van der Waals surface area contributed by atoms with Gasteiger partial charge in [-0.2, -0.15) is 0 Å². The molecule has 2 saturated heterocycles. The number of halogens is 1. The molecule has 0 N–H and O–H groups in total. The molecular formula is C19H21ClN4O2. The monoisotopic (exact) mass is 372 g/mol. The molecule has 6 nitrogen and oxygen atoms in total. The average molecular weight is 373 g/mol. The van der Waals surface area contributed by atoms with Crippen LogP contribution in [0.3, 0.4) is 0 Å². The summed E-state index contributed by atoms with van der Waals surface area (Å²) in [7, 11) is 0. The SMILES string of the molecule is O=[N+]([O-])c1ccc(N2CCN3[C@@H](Cc4cccc(Cl)c4)CC[C@H]3C2)nc1. The number of hydrogen-bond acceptors (Lipinski definition) is 5. The van der Waals surface area contributed by atoms with E-state index < -0.39 is 4.92 Å². The van der Waals surface area contributed by atoms with Gasteiger partial charge in [0.2, 0.25) is 0 Å². The second-order valence-corrected chi connectivity index (χ2v) is 7.47. The summed E-state index contributed by atoms with van der Waals surface area (Å²) in [5.74, 6) is 0.827. The number of nitrogens with zero attached hydrogens (tertiary/aromatic N) is 4. The van der Waals surface area contributed by atoms with Crippen molar-refractivity contribution < 1.29 is 4.92 Å². The van der Waals surface area contributed by atoms with E-state index in [0.29, 0.717) is 12.1 Å². The first-order valence-corrected chi connectivity index (χ1v) is 9.33. The molecule has 1 aromatic carbocycles. The smallest absolute Gasteiger partial charge is 0.287 e. The van der Waals surface area contributed by atoms with Crippen molar-refractivity contribution in [3.8, 4) is 0 Å². The third-order valence-electron chi connectivity index (χ3n) is 5.46. The van der Waals surface area contributed by atoms with Crippen molar-refractivity contribution in [3.63, 3.8) is 0 Å². The van der Waals surface area contributed by atoms with E-state index in [0.717, 1.165) is 36.9 Å². The summed E-state index contributed by atoms with van der Waals surface area (Å²) in [5, 5.41) is 11.6. The number of benzene rings is 1. The van der Waals surface area contributed by atoms with Gasteiger partial charge >= 0.3 is 0 Å². The van der Waals surface area contributed by atoms with Crippen LogP contribution in [-0.2, 0) is 6.42 Å². The zero-order valence-corrected chi connectivity index (χ0v) is 15.2. The van der Waals surface area contributed by atoms with E-state index in [4.69, 9.17) is 11.6 Å². The van der Waals surface area contributed by atoms with Gasteiger partial charge < -0.3 is 4.90 Å². The van der Waals surface area contributed by atoms with Gasteiger partial charge in [0.1, 0.15) is 12.0 Å². The molecule has 0 spiro atoms. The topological polar surface area (TPSA) is 62.5 Å². The molecule has 136 valence electrons. The second kappa shape index (κ2) is 7.21. The minimum Gasteiger partial charge on any atom is -0.354 e. The van der Waals surface area contributed by atoms with Gasteiger partial charge in [0, 0.05) is 42.8 Å². The van der Waals surface area contributed by atoms with Crippen LogP contribution >= 0.6 is 11.6 Å². The van der Waals surface area contributed by atoms with E-state index in [1.54, 1.807) is 6.07 Å². The van der Waals surface area contributed by atoms with Crippen LogP contribution in [0, 0.1) is 10.1 Å². The van der Waals surface area contributed by atoms with Gasteiger partial charge in [-0.1, -0.05) is 23.7 Å². The molecule has 26 heavy (non-hydrogen) atoms. The first-order valence-electron chi connectivity index (χ1n) is 8.96. The number of hydrogen-bond donors (Lipinski definition) is 0. The van der Waals surface area contributed by atoms with Crippen molar-refractivity contribution >= 4 is 23.1 Å². The first kappa shape index (κ1) is 17.2. The Morgan fingerprint density at radius 1 is 1.23 bits per heavy atom. The molecule has 0 unspecified atom stereocenters. The maximum atomic E-state index is 10.8. The number of pyridine rings is 1. The Labute approximate surface area is 157 Å². The Hall–Kier alpha value is -2.18. The van der Waals surface area contributed by atoms with Crippen LogP contribution in [0.2, 0.25) is 5.02 Å². The third-order valence-corrected chi connectivity index (χ3v) is 5.69. The minimum atomic E-state index is -0.411. The van der Waals surface area contributed by atoms with Crippen LogP contribution in [0.15, 0.2) is 42.6 Å². The summed E-state index contributed by atoms with van der Waals surface area (Å²) in [4.78, 5) is 19.5. The highest BCUT2D eigenvalue weighted by Crippen LogP contribution is 2.31. The summed E-state index contributed by atoms with van der Waals surface area (Å²) in [6.07, 6.45) is 4.75. The Kier molecular flexibility index (Phi) is 4.78. The normalized spacial score (nSPS) is 23.0. The lowest BCUT2D eigenvalue weighted by atomic mass is 10.0. The summed E-state index contributed by atoms with van der Waals surface area (Å²) in [5.41, 5.74) is 1.33. The average Bonchev–Trinajstić information content (AvgIpc) is 3.04. The number of nitro groups is 1. The zero-order valence-electron chi connectivity index (χ0n) is 14.4. The van der Waals surface area contributed by atoms with Crippen molar-refractivity contribution in [2.45, 2.75) is 31.3 Å². The van der Waals surface area contributed by atoms with Crippen molar-refractivity contribution in [1.82, 2.24) is 9.88 Å².